The molecule has 2 rings (SSSR count). The molecule has 0 bridgehead atoms. The summed E-state index contributed by atoms with van der Waals surface area (Å²) in [5.74, 6) is 0.897. The highest BCUT2D eigenvalue weighted by Crippen LogP contribution is 2.16. The summed E-state index contributed by atoms with van der Waals surface area (Å²) in [5.41, 5.74) is 2.67. The monoisotopic (exact) mass is 272 g/mol. The Balaban J connectivity index is 2.22. The molecule has 0 spiro atoms. The van der Waals surface area contributed by atoms with Gasteiger partial charge in [0.1, 0.15) is 0 Å². The van der Waals surface area contributed by atoms with Crippen LogP contribution in [0.5, 0.6) is 0 Å². The average molecular weight is 272 g/mol. The molecule has 0 saturated heterocycles. The van der Waals surface area contributed by atoms with Crippen molar-refractivity contribution in [1.29, 1.82) is 0 Å². The van der Waals surface area contributed by atoms with Crippen molar-refractivity contribution in [1.82, 2.24) is 4.98 Å². The number of thioether (sulfide) groups is 1. The van der Waals surface area contributed by atoms with Crippen molar-refractivity contribution in [2.24, 2.45) is 0 Å². The van der Waals surface area contributed by atoms with Gasteiger partial charge in [-0.25, -0.2) is 0 Å². The van der Waals surface area contributed by atoms with E-state index < -0.39 is 0 Å². The van der Waals surface area contributed by atoms with E-state index in [0.29, 0.717) is 5.56 Å². The third-order valence-electron chi connectivity index (χ3n) is 2.82. The second kappa shape index (κ2) is 6.38. The summed E-state index contributed by atoms with van der Waals surface area (Å²) >= 11 is 1.75. The summed E-state index contributed by atoms with van der Waals surface area (Å²) in [6.07, 6.45) is 5.43. The molecule has 0 aliphatic rings. The highest BCUT2D eigenvalue weighted by molar-refractivity contribution is 7.97. The highest BCUT2D eigenvalue weighted by atomic mass is 32.2. The number of pyridine rings is 1. The number of hydrogen-bond donors (Lipinski definition) is 0. The molecule has 98 valence electrons. The van der Waals surface area contributed by atoms with Gasteiger partial charge in [-0.05, 0) is 36.1 Å². The maximum Gasteiger partial charge on any atom is 0.258 e. The van der Waals surface area contributed by atoms with Crippen LogP contribution >= 0.6 is 11.8 Å². The van der Waals surface area contributed by atoms with E-state index in [1.54, 1.807) is 36.1 Å². The Morgan fingerprint density at radius 3 is 2.84 bits per heavy atom. The van der Waals surface area contributed by atoms with E-state index >= 15 is 0 Å². The number of amides is 1. The minimum absolute atomic E-state index is 0.0176. The minimum atomic E-state index is -0.0176. The zero-order chi connectivity index (χ0) is 13.7. The Labute approximate surface area is 117 Å². The van der Waals surface area contributed by atoms with Crippen LogP contribution in [-0.2, 0) is 5.75 Å². The van der Waals surface area contributed by atoms with Gasteiger partial charge in [0.15, 0.2) is 0 Å². The molecule has 0 N–H and O–H groups in total. The van der Waals surface area contributed by atoms with Crippen molar-refractivity contribution in [3.63, 3.8) is 0 Å². The van der Waals surface area contributed by atoms with Gasteiger partial charge >= 0.3 is 0 Å². The quantitative estimate of drug-likeness (QED) is 0.857. The van der Waals surface area contributed by atoms with Gasteiger partial charge in [0.2, 0.25) is 0 Å². The SMILES string of the molecule is CSCc1cccc(C(=O)N(C)c2cccnc2)c1. The van der Waals surface area contributed by atoms with Crippen molar-refractivity contribution >= 4 is 23.4 Å². The van der Waals surface area contributed by atoms with Gasteiger partial charge in [-0.15, -0.1) is 0 Å². The van der Waals surface area contributed by atoms with Gasteiger partial charge in [-0.3, -0.25) is 9.78 Å². The number of carbonyl (C=O) groups is 1. The first-order valence-electron chi connectivity index (χ1n) is 5.98. The first kappa shape index (κ1) is 13.6. The van der Waals surface area contributed by atoms with E-state index in [9.17, 15) is 4.79 Å². The molecule has 19 heavy (non-hydrogen) atoms. The molecule has 3 nitrogen and oxygen atoms in total. The van der Waals surface area contributed by atoms with Gasteiger partial charge in [-0.1, -0.05) is 12.1 Å². The van der Waals surface area contributed by atoms with E-state index in [1.807, 2.05) is 36.4 Å². The van der Waals surface area contributed by atoms with Gasteiger partial charge in [0.25, 0.3) is 5.91 Å². The fourth-order valence-electron chi connectivity index (χ4n) is 1.82. The average Bonchev–Trinajstić information content (AvgIpc) is 2.47. The molecule has 0 radical (unpaired) electrons. The number of nitrogens with zero attached hydrogens (tertiary/aromatic N) is 2. The molecule has 0 aliphatic heterocycles. The van der Waals surface area contributed by atoms with Gasteiger partial charge in [-0.2, -0.15) is 11.8 Å². The Morgan fingerprint density at radius 1 is 1.32 bits per heavy atom. The van der Waals surface area contributed by atoms with Crippen LogP contribution in [0, 0.1) is 0 Å². The van der Waals surface area contributed by atoms with Crippen molar-refractivity contribution in [3.8, 4) is 0 Å². The number of anilines is 1. The molecule has 0 saturated carbocycles. The van der Waals surface area contributed by atoms with E-state index in [0.717, 1.165) is 17.0 Å². The molecule has 1 aromatic carbocycles. The lowest BCUT2D eigenvalue weighted by molar-refractivity contribution is 0.0993. The van der Waals surface area contributed by atoms with Crippen LogP contribution in [0.2, 0.25) is 0 Å². The molecule has 1 aromatic heterocycles. The molecule has 0 fully saturated rings. The Kier molecular flexibility index (Phi) is 4.58. The molecule has 0 aliphatic carbocycles. The summed E-state index contributed by atoms with van der Waals surface area (Å²) in [4.78, 5) is 18.0. The fraction of sp³-hybridized carbons (Fsp3) is 0.200. The van der Waals surface area contributed by atoms with E-state index in [-0.39, 0.29) is 5.91 Å². The van der Waals surface area contributed by atoms with Crippen molar-refractivity contribution < 1.29 is 4.79 Å². The molecule has 1 amide bonds. The lowest BCUT2D eigenvalue weighted by Gasteiger charge is -2.17. The Hall–Kier alpha value is -1.81. The molecule has 1 heterocycles. The van der Waals surface area contributed by atoms with Crippen molar-refractivity contribution in [2.75, 3.05) is 18.2 Å². The maximum atomic E-state index is 12.4. The van der Waals surface area contributed by atoms with Crippen LogP contribution in [0.25, 0.3) is 0 Å². The van der Waals surface area contributed by atoms with Crippen LogP contribution in [0.4, 0.5) is 5.69 Å². The smallest absolute Gasteiger partial charge is 0.258 e. The molecule has 2 aromatic rings. The lowest BCUT2D eigenvalue weighted by Crippen LogP contribution is -2.26. The maximum absolute atomic E-state index is 12.4. The number of rotatable bonds is 4. The Bertz CT molecular complexity index is 557. The third kappa shape index (κ3) is 3.35. The second-order valence-electron chi connectivity index (χ2n) is 4.21. The summed E-state index contributed by atoms with van der Waals surface area (Å²) in [6, 6.07) is 11.5. The van der Waals surface area contributed by atoms with Crippen LogP contribution in [0.15, 0.2) is 48.8 Å². The number of hydrogen-bond acceptors (Lipinski definition) is 3. The predicted octanol–water partition coefficient (Wildman–Crippen LogP) is 3.22. The van der Waals surface area contributed by atoms with Crippen LogP contribution in [-0.4, -0.2) is 24.2 Å². The number of benzene rings is 1. The number of carbonyl (C=O) groups excluding carboxylic acids is 1. The van der Waals surface area contributed by atoms with Gasteiger partial charge in [0.05, 0.1) is 11.9 Å². The standard InChI is InChI=1S/C15H16N2OS/c1-17(14-7-4-8-16-10-14)15(18)13-6-3-5-12(9-13)11-19-2/h3-10H,11H2,1-2H3. The van der Waals surface area contributed by atoms with Crippen LogP contribution in [0.1, 0.15) is 15.9 Å². The summed E-state index contributed by atoms with van der Waals surface area (Å²) in [7, 11) is 1.76. The molecule has 0 unspecified atom stereocenters. The highest BCUT2D eigenvalue weighted by Gasteiger charge is 2.13. The summed E-state index contributed by atoms with van der Waals surface area (Å²) in [5, 5.41) is 0. The van der Waals surface area contributed by atoms with Gasteiger partial charge in [0, 0.05) is 24.6 Å². The second-order valence-corrected chi connectivity index (χ2v) is 5.07. The lowest BCUT2D eigenvalue weighted by atomic mass is 10.1. The first-order chi connectivity index (χ1) is 9.22. The predicted molar refractivity (Wildman–Crippen MR) is 80.6 cm³/mol. The van der Waals surface area contributed by atoms with E-state index in [4.69, 9.17) is 0 Å². The van der Waals surface area contributed by atoms with Crippen LogP contribution in [0.3, 0.4) is 0 Å². The summed E-state index contributed by atoms with van der Waals surface area (Å²) in [6.45, 7) is 0. The third-order valence-corrected chi connectivity index (χ3v) is 3.44. The molecular formula is C15H16N2OS. The Morgan fingerprint density at radius 2 is 2.16 bits per heavy atom. The zero-order valence-corrected chi connectivity index (χ0v) is 11.9. The minimum Gasteiger partial charge on any atom is -0.310 e. The van der Waals surface area contributed by atoms with E-state index in [1.165, 1.54) is 0 Å². The normalized spacial score (nSPS) is 10.2. The topological polar surface area (TPSA) is 33.2 Å². The largest absolute Gasteiger partial charge is 0.310 e. The molecular weight excluding hydrogens is 256 g/mol. The molecule has 0 atom stereocenters. The van der Waals surface area contributed by atoms with Gasteiger partial charge < -0.3 is 4.90 Å². The van der Waals surface area contributed by atoms with Crippen molar-refractivity contribution in [3.05, 3.63) is 59.9 Å². The zero-order valence-electron chi connectivity index (χ0n) is 11.0. The van der Waals surface area contributed by atoms with E-state index in [2.05, 4.69) is 11.2 Å². The van der Waals surface area contributed by atoms with Crippen LogP contribution < -0.4 is 4.90 Å². The fourth-order valence-corrected chi connectivity index (χ4v) is 2.34. The summed E-state index contributed by atoms with van der Waals surface area (Å²) < 4.78 is 0. The number of aromatic nitrogens is 1. The first-order valence-corrected chi connectivity index (χ1v) is 7.37. The molecule has 4 heteroatoms. The van der Waals surface area contributed by atoms with Crippen molar-refractivity contribution in [2.45, 2.75) is 5.75 Å².